The van der Waals surface area contributed by atoms with Gasteiger partial charge in [-0.2, -0.15) is 0 Å². The average Bonchev–Trinajstić information content (AvgIpc) is 3.22. The monoisotopic (exact) mass is 431 g/mol. The lowest BCUT2D eigenvalue weighted by Crippen LogP contribution is -2.10. The minimum absolute atomic E-state index is 0.124. The molecule has 0 aliphatic rings. The largest absolute Gasteiger partial charge is 0.497 e. The zero-order chi connectivity index (χ0) is 22.7. The Bertz CT molecular complexity index is 1320. The van der Waals surface area contributed by atoms with Gasteiger partial charge in [0.15, 0.2) is 0 Å². The molecule has 1 N–H and O–H groups in total. The van der Waals surface area contributed by atoms with E-state index in [1.807, 2.05) is 30.3 Å². The fourth-order valence-corrected chi connectivity index (χ4v) is 3.55. The molecule has 3 aromatic carbocycles. The summed E-state index contributed by atoms with van der Waals surface area (Å²) in [6.45, 7) is 1.80. The first-order valence-corrected chi connectivity index (χ1v) is 9.98. The Morgan fingerprint density at radius 1 is 1.03 bits per heavy atom. The first-order chi connectivity index (χ1) is 15.5. The number of fused-ring (bicyclic) bond motifs is 1. The van der Waals surface area contributed by atoms with Crippen LogP contribution in [0.2, 0.25) is 0 Å². The molecule has 162 valence electrons. The molecular weight excluding hydrogens is 409 g/mol. The van der Waals surface area contributed by atoms with Gasteiger partial charge in [-0.05, 0) is 48.4 Å². The quantitative estimate of drug-likeness (QED) is 0.364. The number of nitrogens with one attached hydrogen (secondary N) is 1. The second-order valence-electron chi connectivity index (χ2n) is 7.23. The summed E-state index contributed by atoms with van der Waals surface area (Å²) in [6.07, 6.45) is 3.11. The summed E-state index contributed by atoms with van der Waals surface area (Å²) < 4.78 is 30.5. The van der Waals surface area contributed by atoms with Crippen LogP contribution in [-0.4, -0.2) is 20.1 Å². The predicted octanol–water partition coefficient (Wildman–Crippen LogP) is 6.30. The molecule has 0 saturated heterocycles. The minimum atomic E-state index is -0.493. The fourth-order valence-electron chi connectivity index (χ4n) is 3.55. The number of anilines is 1. The number of methoxy groups -OCH3 is 2. The number of hydrogen-bond donors (Lipinski definition) is 1. The van der Waals surface area contributed by atoms with Crippen LogP contribution in [0.4, 0.5) is 10.1 Å². The lowest BCUT2D eigenvalue weighted by Gasteiger charge is -2.10. The van der Waals surface area contributed by atoms with Gasteiger partial charge in [-0.1, -0.05) is 24.3 Å². The molecule has 4 aromatic rings. The molecule has 32 heavy (non-hydrogen) atoms. The van der Waals surface area contributed by atoms with Gasteiger partial charge in [-0.3, -0.25) is 4.79 Å². The molecule has 1 amide bonds. The Morgan fingerprint density at radius 2 is 1.84 bits per heavy atom. The zero-order valence-electron chi connectivity index (χ0n) is 17.9. The van der Waals surface area contributed by atoms with Crippen molar-refractivity contribution in [2.24, 2.45) is 0 Å². The Kier molecular flexibility index (Phi) is 5.94. The van der Waals surface area contributed by atoms with Crippen molar-refractivity contribution in [1.82, 2.24) is 0 Å². The van der Waals surface area contributed by atoms with Gasteiger partial charge in [-0.15, -0.1) is 0 Å². The van der Waals surface area contributed by atoms with E-state index in [0.717, 1.165) is 27.8 Å². The van der Waals surface area contributed by atoms with Crippen molar-refractivity contribution < 1.29 is 23.1 Å². The smallest absolute Gasteiger partial charge is 0.248 e. The third kappa shape index (κ3) is 4.21. The van der Waals surface area contributed by atoms with Crippen molar-refractivity contribution in [2.75, 3.05) is 19.5 Å². The number of allylic oxidation sites excluding steroid dienone is 1. The van der Waals surface area contributed by atoms with Crippen molar-refractivity contribution in [1.29, 1.82) is 0 Å². The third-order valence-electron chi connectivity index (χ3n) is 5.18. The highest BCUT2D eigenvalue weighted by Crippen LogP contribution is 2.38. The van der Waals surface area contributed by atoms with Crippen LogP contribution in [0.5, 0.6) is 11.5 Å². The average molecular weight is 431 g/mol. The highest BCUT2D eigenvalue weighted by molar-refractivity contribution is 6.05. The van der Waals surface area contributed by atoms with Crippen LogP contribution in [0, 0.1) is 5.82 Å². The summed E-state index contributed by atoms with van der Waals surface area (Å²) in [5.74, 6) is 0.380. The van der Waals surface area contributed by atoms with Crippen molar-refractivity contribution in [3.63, 3.8) is 0 Å². The van der Waals surface area contributed by atoms with Crippen molar-refractivity contribution >= 4 is 28.1 Å². The van der Waals surface area contributed by atoms with Crippen LogP contribution < -0.4 is 14.8 Å². The summed E-state index contributed by atoms with van der Waals surface area (Å²) in [5, 5.41) is 3.44. The van der Waals surface area contributed by atoms with E-state index < -0.39 is 11.7 Å². The fraction of sp³-hybridized carbons (Fsp3) is 0.115. The van der Waals surface area contributed by atoms with Gasteiger partial charge >= 0.3 is 0 Å². The number of rotatable bonds is 6. The maximum absolute atomic E-state index is 13.9. The maximum Gasteiger partial charge on any atom is 0.248 e. The van der Waals surface area contributed by atoms with Crippen molar-refractivity contribution in [3.05, 3.63) is 84.4 Å². The number of benzene rings is 3. The molecule has 0 aliphatic heterocycles. The predicted molar refractivity (Wildman–Crippen MR) is 123 cm³/mol. The number of amides is 1. The number of carbonyl (C=O) groups excluding carboxylic acids is 1. The van der Waals surface area contributed by atoms with E-state index in [1.165, 1.54) is 18.2 Å². The number of para-hydroxylation sites is 1. The lowest BCUT2D eigenvalue weighted by atomic mass is 9.99. The normalized spacial score (nSPS) is 11.4. The van der Waals surface area contributed by atoms with Crippen molar-refractivity contribution in [3.8, 4) is 22.6 Å². The first kappa shape index (κ1) is 21.2. The van der Waals surface area contributed by atoms with E-state index in [0.29, 0.717) is 16.9 Å². The number of furan rings is 1. The Hall–Kier alpha value is -4.06. The van der Waals surface area contributed by atoms with Gasteiger partial charge in [0.2, 0.25) is 5.91 Å². The Labute approximate surface area is 185 Å². The molecule has 0 saturated carbocycles. The second-order valence-corrected chi connectivity index (χ2v) is 7.23. The molecule has 0 radical (unpaired) electrons. The highest BCUT2D eigenvalue weighted by atomic mass is 19.1. The van der Waals surface area contributed by atoms with Gasteiger partial charge in [0.25, 0.3) is 0 Å². The Morgan fingerprint density at radius 3 is 2.59 bits per heavy atom. The number of ether oxygens (including phenoxy) is 2. The van der Waals surface area contributed by atoms with Gasteiger partial charge in [0.05, 0.1) is 26.2 Å². The topological polar surface area (TPSA) is 60.7 Å². The van der Waals surface area contributed by atoms with Crippen LogP contribution in [0.15, 0.2) is 77.4 Å². The number of carbonyl (C=O) groups is 1. The van der Waals surface area contributed by atoms with Gasteiger partial charge in [0.1, 0.15) is 22.9 Å². The molecule has 0 spiro atoms. The van der Waals surface area contributed by atoms with E-state index in [2.05, 4.69) is 5.32 Å². The zero-order valence-corrected chi connectivity index (χ0v) is 17.9. The molecule has 0 bridgehead atoms. The Balaban J connectivity index is 1.73. The molecule has 0 unspecified atom stereocenters. The van der Waals surface area contributed by atoms with Crippen LogP contribution in [0.1, 0.15) is 12.5 Å². The molecule has 5 nitrogen and oxygen atoms in total. The van der Waals surface area contributed by atoms with E-state index in [1.54, 1.807) is 45.6 Å². The molecule has 1 heterocycles. The summed E-state index contributed by atoms with van der Waals surface area (Å²) in [5.41, 5.74) is 4.01. The second kappa shape index (κ2) is 8.98. The van der Waals surface area contributed by atoms with E-state index >= 15 is 0 Å². The van der Waals surface area contributed by atoms with Gasteiger partial charge in [0, 0.05) is 28.7 Å². The van der Waals surface area contributed by atoms with E-state index in [-0.39, 0.29) is 5.69 Å². The summed E-state index contributed by atoms with van der Waals surface area (Å²) in [7, 11) is 3.18. The number of halogens is 1. The van der Waals surface area contributed by atoms with Gasteiger partial charge < -0.3 is 19.2 Å². The lowest BCUT2D eigenvalue weighted by molar-refractivity contribution is -0.111. The van der Waals surface area contributed by atoms with Crippen LogP contribution >= 0.6 is 0 Å². The molecule has 0 atom stereocenters. The van der Waals surface area contributed by atoms with E-state index in [4.69, 9.17) is 13.9 Å². The molecule has 0 aliphatic carbocycles. The molecule has 1 aromatic heterocycles. The maximum atomic E-state index is 13.9. The van der Waals surface area contributed by atoms with Crippen LogP contribution in [-0.2, 0) is 4.79 Å². The minimum Gasteiger partial charge on any atom is -0.497 e. The highest BCUT2D eigenvalue weighted by Gasteiger charge is 2.15. The summed E-state index contributed by atoms with van der Waals surface area (Å²) in [6, 6.07) is 17.4. The molecular formula is C26H22FNO4. The third-order valence-corrected chi connectivity index (χ3v) is 5.18. The van der Waals surface area contributed by atoms with E-state index in [9.17, 15) is 9.18 Å². The SMILES string of the molecule is COc1cccc(-c2coc3cc(OC)c(/C(C)=C/C(=O)Nc4ccccc4F)cc23)c1. The van der Waals surface area contributed by atoms with Gasteiger partial charge in [-0.25, -0.2) is 4.39 Å². The van der Waals surface area contributed by atoms with Crippen LogP contribution in [0.25, 0.3) is 27.7 Å². The molecule has 6 heteroatoms. The molecule has 4 rings (SSSR count). The van der Waals surface area contributed by atoms with Crippen LogP contribution in [0.3, 0.4) is 0 Å². The standard InChI is InChI=1S/C26H22FNO4/c1-16(11-26(29)28-23-10-5-4-9-22(23)27)19-13-20-21(15-32-25(20)14-24(19)31-3)17-7-6-8-18(12-17)30-2/h4-15H,1-3H3,(H,28,29)/b16-11+. The van der Waals surface area contributed by atoms with Crippen molar-refractivity contribution in [2.45, 2.75) is 6.92 Å². The summed E-state index contributed by atoms with van der Waals surface area (Å²) in [4.78, 5) is 12.5. The number of hydrogen-bond acceptors (Lipinski definition) is 4. The molecule has 0 fully saturated rings. The first-order valence-electron chi connectivity index (χ1n) is 9.98. The summed E-state index contributed by atoms with van der Waals surface area (Å²) >= 11 is 0.